The normalized spacial score (nSPS) is 12.3. The molecule has 0 aliphatic carbocycles. The number of nitrogens with one attached hydrogen (secondary N) is 2. The van der Waals surface area contributed by atoms with Crippen molar-refractivity contribution < 1.29 is 9.90 Å². The Morgan fingerprint density at radius 1 is 1.23 bits per heavy atom. The van der Waals surface area contributed by atoms with Gasteiger partial charge in [0.25, 0.3) is 5.91 Å². The molecular formula is C15H11Cl2N3O2. The van der Waals surface area contributed by atoms with Crippen molar-refractivity contribution in [3.8, 4) is 0 Å². The minimum absolute atomic E-state index is 0.323. The Labute approximate surface area is 135 Å². The fourth-order valence-corrected chi connectivity index (χ4v) is 2.69. The first-order chi connectivity index (χ1) is 10.5. The maximum absolute atomic E-state index is 12.2. The summed E-state index contributed by atoms with van der Waals surface area (Å²) >= 11 is 11.8. The maximum atomic E-state index is 12.2. The number of aromatic amines is 1. The number of aliphatic hydroxyl groups excluding tert-OH is 1. The Balaban J connectivity index is 1.86. The number of aliphatic hydroxyl groups is 1. The zero-order valence-corrected chi connectivity index (χ0v) is 12.7. The SMILES string of the molecule is O=C(Nc1cccc2[nH]cnc12)C(O)c1cc(Cl)cc(Cl)c1. The first-order valence-electron chi connectivity index (χ1n) is 6.41. The standard InChI is InChI=1S/C15H11Cl2N3O2/c16-9-4-8(5-10(17)6-9)14(21)15(22)20-12-3-1-2-11-13(12)19-7-18-11/h1-7,14,21H,(H,18,19)(H,20,22). The molecule has 0 fully saturated rings. The zero-order valence-electron chi connectivity index (χ0n) is 11.2. The summed E-state index contributed by atoms with van der Waals surface area (Å²) in [6.45, 7) is 0. The average molecular weight is 336 g/mol. The molecule has 1 unspecified atom stereocenters. The molecule has 3 N–H and O–H groups in total. The van der Waals surface area contributed by atoms with Gasteiger partial charge in [-0.15, -0.1) is 0 Å². The van der Waals surface area contributed by atoms with Gasteiger partial charge in [0.15, 0.2) is 6.10 Å². The van der Waals surface area contributed by atoms with Crippen molar-refractivity contribution >= 4 is 45.8 Å². The number of halogens is 2. The van der Waals surface area contributed by atoms with Crippen LogP contribution in [0.3, 0.4) is 0 Å². The molecule has 22 heavy (non-hydrogen) atoms. The van der Waals surface area contributed by atoms with Crippen LogP contribution in [0.2, 0.25) is 10.0 Å². The lowest BCUT2D eigenvalue weighted by Gasteiger charge is -2.12. The van der Waals surface area contributed by atoms with Crippen LogP contribution in [0.15, 0.2) is 42.7 Å². The third-order valence-corrected chi connectivity index (χ3v) is 3.59. The number of amides is 1. The van der Waals surface area contributed by atoms with Gasteiger partial charge in [-0.2, -0.15) is 0 Å². The highest BCUT2D eigenvalue weighted by Crippen LogP contribution is 2.26. The second-order valence-corrected chi connectivity index (χ2v) is 5.57. The maximum Gasteiger partial charge on any atom is 0.257 e. The molecule has 3 rings (SSSR count). The molecule has 2 aromatic carbocycles. The lowest BCUT2D eigenvalue weighted by Crippen LogP contribution is -2.21. The van der Waals surface area contributed by atoms with Gasteiger partial charge in [0, 0.05) is 10.0 Å². The van der Waals surface area contributed by atoms with E-state index in [4.69, 9.17) is 23.2 Å². The van der Waals surface area contributed by atoms with E-state index in [-0.39, 0.29) is 0 Å². The molecule has 5 nitrogen and oxygen atoms in total. The van der Waals surface area contributed by atoms with Crippen LogP contribution in [-0.2, 0) is 4.79 Å². The number of carbonyl (C=O) groups is 1. The number of imidazole rings is 1. The van der Waals surface area contributed by atoms with Crippen LogP contribution < -0.4 is 5.32 Å². The quantitative estimate of drug-likeness (QED) is 0.684. The van der Waals surface area contributed by atoms with E-state index in [0.717, 1.165) is 5.52 Å². The Bertz CT molecular complexity index is 827. The molecule has 1 heterocycles. The highest BCUT2D eigenvalue weighted by Gasteiger charge is 2.19. The lowest BCUT2D eigenvalue weighted by atomic mass is 10.1. The number of benzene rings is 2. The van der Waals surface area contributed by atoms with E-state index in [9.17, 15) is 9.90 Å². The van der Waals surface area contributed by atoms with E-state index in [1.165, 1.54) is 24.5 Å². The molecule has 0 aliphatic heterocycles. The molecule has 0 radical (unpaired) electrons. The first-order valence-corrected chi connectivity index (χ1v) is 7.17. The van der Waals surface area contributed by atoms with Gasteiger partial charge in [0.2, 0.25) is 0 Å². The summed E-state index contributed by atoms with van der Waals surface area (Å²) in [7, 11) is 0. The molecule has 7 heteroatoms. The molecule has 0 spiro atoms. The van der Waals surface area contributed by atoms with Gasteiger partial charge >= 0.3 is 0 Å². The summed E-state index contributed by atoms with van der Waals surface area (Å²) in [6, 6.07) is 9.84. The van der Waals surface area contributed by atoms with E-state index in [0.29, 0.717) is 26.8 Å². The minimum atomic E-state index is -1.38. The van der Waals surface area contributed by atoms with Crippen molar-refractivity contribution in [3.63, 3.8) is 0 Å². The molecular weight excluding hydrogens is 325 g/mol. The van der Waals surface area contributed by atoms with Crippen LogP contribution in [0.4, 0.5) is 5.69 Å². The number of carbonyl (C=O) groups excluding carboxylic acids is 1. The van der Waals surface area contributed by atoms with E-state index < -0.39 is 12.0 Å². The fraction of sp³-hybridized carbons (Fsp3) is 0.0667. The van der Waals surface area contributed by atoms with Gasteiger partial charge in [-0.25, -0.2) is 4.98 Å². The molecule has 0 aliphatic rings. The molecule has 1 atom stereocenters. The Kier molecular flexibility index (Phi) is 4.02. The second kappa shape index (κ2) is 5.96. The van der Waals surface area contributed by atoms with Crippen LogP contribution >= 0.6 is 23.2 Å². The Morgan fingerprint density at radius 3 is 2.68 bits per heavy atom. The Hall–Kier alpha value is -2.08. The first kappa shape index (κ1) is 14.8. The van der Waals surface area contributed by atoms with Crippen molar-refractivity contribution in [1.29, 1.82) is 0 Å². The number of aromatic nitrogens is 2. The average Bonchev–Trinajstić information content (AvgIpc) is 2.95. The van der Waals surface area contributed by atoms with Gasteiger partial charge < -0.3 is 15.4 Å². The van der Waals surface area contributed by atoms with Crippen molar-refractivity contribution in [3.05, 3.63) is 58.3 Å². The number of fused-ring (bicyclic) bond motifs is 1. The van der Waals surface area contributed by atoms with Gasteiger partial charge in [0.1, 0.15) is 5.52 Å². The summed E-state index contributed by atoms with van der Waals surface area (Å²) in [4.78, 5) is 19.3. The van der Waals surface area contributed by atoms with Gasteiger partial charge in [-0.1, -0.05) is 29.3 Å². The van der Waals surface area contributed by atoms with Crippen molar-refractivity contribution in [2.45, 2.75) is 6.10 Å². The molecule has 0 saturated carbocycles. The summed E-state index contributed by atoms with van der Waals surface area (Å²) < 4.78 is 0. The number of rotatable bonds is 3. The van der Waals surface area contributed by atoms with E-state index in [1.807, 2.05) is 6.07 Å². The molecule has 0 bridgehead atoms. The number of hydrogen-bond donors (Lipinski definition) is 3. The highest BCUT2D eigenvalue weighted by atomic mass is 35.5. The third kappa shape index (κ3) is 2.92. The summed E-state index contributed by atoms with van der Waals surface area (Å²) in [6.07, 6.45) is 0.151. The van der Waals surface area contributed by atoms with Crippen LogP contribution in [0.5, 0.6) is 0 Å². The second-order valence-electron chi connectivity index (χ2n) is 4.70. The number of hydrogen-bond acceptors (Lipinski definition) is 3. The molecule has 3 aromatic rings. The highest BCUT2D eigenvalue weighted by molar-refractivity contribution is 6.34. The summed E-state index contributed by atoms with van der Waals surface area (Å²) in [5.74, 6) is -0.589. The van der Waals surface area contributed by atoms with Gasteiger partial charge in [-0.05, 0) is 35.9 Å². The number of H-pyrrole nitrogens is 1. The number of anilines is 1. The molecule has 1 amide bonds. The Morgan fingerprint density at radius 2 is 1.95 bits per heavy atom. The number of nitrogens with zero attached hydrogens (tertiary/aromatic N) is 1. The monoisotopic (exact) mass is 335 g/mol. The predicted octanol–water partition coefficient (Wildman–Crippen LogP) is 3.54. The van der Waals surface area contributed by atoms with Crippen molar-refractivity contribution in [2.75, 3.05) is 5.32 Å². The van der Waals surface area contributed by atoms with Crippen molar-refractivity contribution in [2.24, 2.45) is 0 Å². The predicted molar refractivity (Wildman–Crippen MR) is 86.1 cm³/mol. The van der Waals surface area contributed by atoms with Crippen LogP contribution in [0.1, 0.15) is 11.7 Å². The number of para-hydroxylation sites is 1. The minimum Gasteiger partial charge on any atom is -0.378 e. The van der Waals surface area contributed by atoms with Crippen molar-refractivity contribution in [1.82, 2.24) is 9.97 Å². The van der Waals surface area contributed by atoms with E-state index in [2.05, 4.69) is 15.3 Å². The van der Waals surface area contributed by atoms with Gasteiger partial charge in [0.05, 0.1) is 17.5 Å². The molecule has 1 aromatic heterocycles. The molecule has 0 saturated heterocycles. The zero-order chi connectivity index (χ0) is 15.7. The lowest BCUT2D eigenvalue weighted by molar-refractivity contribution is -0.124. The molecule has 112 valence electrons. The van der Waals surface area contributed by atoms with Crippen LogP contribution in [0, 0.1) is 0 Å². The smallest absolute Gasteiger partial charge is 0.257 e. The summed E-state index contributed by atoms with van der Waals surface area (Å²) in [5, 5.41) is 13.5. The fourth-order valence-electron chi connectivity index (χ4n) is 2.15. The van der Waals surface area contributed by atoms with Gasteiger partial charge in [-0.3, -0.25) is 4.79 Å². The van der Waals surface area contributed by atoms with E-state index >= 15 is 0 Å². The van der Waals surface area contributed by atoms with Crippen LogP contribution in [-0.4, -0.2) is 21.0 Å². The summed E-state index contributed by atoms with van der Waals surface area (Å²) in [5.41, 5.74) is 2.24. The topological polar surface area (TPSA) is 78.0 Å². The largest absolute Gasteiger partial charge is 0.378 e. The third-order valence-electron chi connectivity index (χ3n) is 3.16. The van der Waals surface area contributed by atoms with Crippen LogP contribution in [0.25, 0.3) is 11.0 Å². The van der Waals surface area contributed by atoms with E-state index in [1.54, 1.807) is 12.1 Å².